The summed E-state index contributed by atoms with van der Waals surface area (Å²) in [6.45, 7) is 0. The smallest absolute Gasteiger partial charge is 0.198 e. The van der Waals surface area contributed by atoms with Gasteiger partial charge in [-0.3, -0.25) is 0 Å². The fourth-order valence-corrected chi connectivity index (χ4v) is 2.94. The number of furan rings is 1. The molecule has 1 aliphatic heterocycles. The summed E-state index contributed by atoms with van der Waals surface area (Å²) in [5, 5.41) is 12.2. The first-order valence-corrected chi connectivity index (χ1v) is 6.73. The van der Waals surface area contributed by atoms with E-state index in [-0.39, 0.29) is 5.92 Å². The SMILES string of the molecule is O[C@@H]1C[C@@H](c2ccco2)c2ccc3ccccc3c2O1. The fraction of sp³-hybridized carbons (Fsp3) is 0.176. The second-order valence-corrected chi connectivity index (χ2v) is 5.08. The zero-order chi connectivity index (χ0) is 13.5. The monoisotopic (exact) mass is 266 g/mol. The van der Waals surface area contributed by atoms with Gasteiger partial charge in [0.15, 0.2) is 6.29 Å². The van der Waals surface area contributed by atoms with Gasteiger partial charge in [-0.05, 0) is 17.5 Å². The van der Waals surface area contributed by atoms with Gasteiger partial charge in [-0.1, -0.05) is 36.4 Å². The number of aliphatic hydroxyl groups excluding tert-OH is 1. The number of fused-ring (bicyclic) bond motifs is 3. The first kappa shape index (κ1) is 11.6. The Balaban J connectivity index is 1.95. The normalized spacial score (nSPS) is 21.4. The average Bonchev–Trinajstić information content (AvgIpc) is 3.00. The third-order valence-corrected chi connectivity index (χ3v) is 3.86. The maximum Gasteiger partial charge on any atom is 0.198 e. The van der Waals surface area contributed by atoms with E-state index in [4.69, 9.17) is 9.15 Å². The molecular formula is C17H14O3. The molecule has 2 heterocycles. The van der Waals surface area contributed by atoms with Crippen LogP contribution in [-0.2, 0) is 0 Å². The Hall–Kier alpha value is -2.26. The Bertz CT molecular complexity index is 746. The molecule has 0 saturated carbocycles. The van der Waals surface area contributed by atoms with E-state index < -0.39 is 6.29 Å². The molecule has 2 aromatic carbocycles. The molecule has 2 atom stereocenters. The van der Waals surface area contributed by atoms with E-state index in [1.165, 1.54) is 0 Å². The quantitative estimate of drug-likeness (QED) is 0.730. The molecule has 0 radical (unpaired) electrons. The van der Waals surface area contributed by atoms with Crippen LogP contribution in [-0.4, -0.2) is 11.4 Å². The topological polar surface area (TPSA) is 42.6 Å². The van der Waals surface area contributed by atoms with Crippen LogP contribution < -0.4 is 4.74 Å². The van der Waals surface area contributed by atoms with Crippen molar-refractivity contribution in [3.8, 4) is 5.75 Å². The van der Waals surface area contributed by atoms with Gasteiger partial charge in [-0.2, -0.15) is 0 Å². The average molecular weight is 266 g/mol. The molecule has 0 bridgehead atoms. The summed E-state index contributed by atoms with van der Waals surface area (Å²) in [5.74, 6) is 1.67. The van der Waals surface area contributed by atoms with E-state index in [0.29, 0.717) is 6.42 Å². The molecule has 4 rings (SSSR count). The van der Waals surface area contributed by atoms with Crippen LogP contribution in [0.2, 0.25) is 0 Å². The van der Waals surface area contributed by atoms with Crippen molar-refractivity contribution in [3.05, 3.63) is 66.1 Å². The summed E-state index contributed by atoms with van der Waals surface area (Å²) in [5.41, 5.74) is 1.07. The molecule has 3 nitrogen and oxygen atoms in total. The standard InChI is InChI=1S/C17H14O3/c18-16-10-14(15-6-3-9-19-15)13-8-7-11-4-1-2-5-12(11)17(13)20-16/h1-9,14,16,18H,10H2/t14-,16+/m1/s1. The van der Waals surface area contributed by atoms with Crippen molar-refractivity contribution in [2.45, 2.75) is 18.6 Å². The molecule has 20 heavy (non-hydrogen) atoms. The lowest BCUT2D eigenvalue weighted by molar-refractivity contribution is -0.0361. The van der Waals surface area contributed by atoms with Crippen LogP contribution in [0, 0.1) is 0 Å². The van der Waals surface area contributed by atoms with Crippen molar-refractivity contribution in [3.63, 3.8) is 0 Å². The summed E-state index contributed by atoms with van der Waals surface area (Å²) >= 11 is 0. The van der Waals surface area contributed by atoms with Crippen LogP contribution in [0.5, 0.6) is 5.75 Å². The van der Waals surface area contributed by atoms with Gasteiger partial charge in [0.1, 0.15) is 11.5 Å². The lowest BCUT2D eigenvalue weighted by atomic mass is 9.88. The molecule has 0 spiro atoms. The minimum absolute atomic E-state index is 0.0355. The number of rotatable bonds is 1. The van der Waals surface area contributed by atoms with Gasteiger partial charge in [0, 0.05) is 17.4 Å². The number of aliphatic hydroxyl groups is 1. The zero-order valence-electron chi connectivity index (χ0n) is 10.8. The minimum atomic E-state index is -0.802. The summed E-state index contributed by atoms with van der Waals surface area (Å²) < 4.78 is 11.2. The highest BCUT2D eigenvalue weighted by Crippen LogP contribution is 2.43. The van der Waals surface area contributed by atoms with Gasteiger partial charge in [-0.15, -0.1) is 0 Å². The molecule has 1 aliphatic rings. The Labute approximate surface area is 116 Å². The van der Waals surface area contributed by atoms with Gasteiger partial charge >= 0.3 is 0 Å². The number of hydrogen-bond donors (Lipinski definition) is 1. The van der Waals surface area contributed by atoms with Gasteiger partial charge in [-0.25, -0.2) is 0 Å². The highest BCUT2D eigenvalue weighted by Gasteiger charge is 2.31. The molecule has 0 aliphatic carbocycles. The molecule has 0 saturated heterocycles. The first-order valence-electron chi connectivity index (χ1n) is 6.73. The van der Waals surface area contributed by atoms with Crippen molar-refractivity contribution < 1.29 is 14.3 Å². The number of benzene rings is 2. The van der Waals surface area contributed by atoms with E-state index >= 15 is 0 Å². The third kappa shape index (κ3) is 1.71. The molecule has 1 aromatic heterocycles. The Morgan fingerprint density at radius 3 is 2.75 bits per heavy atom. The summed E-state index contributed by atoms with van der Waals surface area (Å²) in [6.07, 6.45) is 1.37. The molecule has 0 unspecified atom stereocenters. The van der Waals surface area contributed by atoms with Crippen molar-refractivity contribution in [1.82, 2.24) is 0 Å². The summed E-state index contributed by atoms with van der Waals surface area (Å²) in [7, 11) is 0. The van der Waals surface area contributed by atoms with E-state index in [0.717, 1.165) is 27.8 Å². The van der Waals surface area contributed by atoms with E-state index in [1.807, 2.05) is 36.4 Å². The van der Waals surface area contributed by atoms with Crippen molar-refractivity contribution in [2.75, 3.05) is 0 Å². The number of hydrogen-bond acceptors (Lipinski definition) is 3. The Morgan fingerprint density at radius 1 is 1.00 bits per heavy atom. The Kier molecular flexibility index (Phi) is 2.54. The van der Waals surface area contributed by atoms with Gasteiger partial charge in [0.25, 0.3) is 0 Å². The van der Waals surface area contributed by atoms with Crippen molar-refractivity contribution in [2.24, 2.45) is 0 Å². The van der Waals surface area contributed by atoms with Crippen LogP contribution in [0.3, 0.4) is 0 Å². The maximum atomic E-state index is 10.0. The molecular weight excluding hydrogens is 252 g/mol. The Morgan fingerprint density at radius 2 is 1.90 bits per heavy atom. The van der Waals surface area contributed by atoms with Gasteiger partial charge < -0.3 is 14.3 Å². The molecule has 1 N–H and O–H groups in total. The second-order valence-electron chi connectivity index (χ2n) is 5.08. The summed E-state index contributed by atoms with van der Waals surface area (Å²) in [6, 6.07) is 16.0. The highest BCUT2D eigenvalue weighted by molar-refractivity contribution is 5.90. The molecule has 3 aromatic rings. The van der Waals surface area contributed by atoms with E-state index in [9.17, 15) is 5.11 Å². The number of ether oxygens (including phenoxy) is 1. The fourth-order valence-electron chi connectivity index (χ4n) is 2.94. The van der Waals surface area contributed by atoms with Crippen LogP contribution >= 0.6 is 0 Å². The van der Waals surface area contributed by atoms with Crippen LogP contribution in [0.25, 0.3) is 10.8 Å². The van der Waals surface area contributed by atoms with Crippen molar-refractivity contribution >= 4 is 10.8 Å². The lowest BCUT2D eigenvalue weighted by Crippen LogP contribution is -2.25. The van der Waals surface area contributed by atoms with E-state index in [1.54, 1.807) is 6.26 Å². The molecule has 100 valence electrons. The lowest BCUT2D eigenvalue weighted by Gasteiger charge is -2.29. The predicted molar refractivity (Wildman–Crippen MR) is 75.8 cm³/mol. The van der Waals surface area contributed by atoms with Crippen LogP contribution in [0.1, 0.15) is 23.7 Å². The van der Waals surface area contributed by atoms with Gasteiger partial charge in [0.2, 0.25) is 0 Å². The summed E-state index contributed by atoms with van der Waals surface area (Å²) in [4.78, 5) is 0. The van der Waals surface area contributed by atoms with E-state index in [2.05, 4.69) is 12.1 Å². The van der Waals surface area contributed by atoms with Crippen LogP contribution in [0.15, 0.2) is 59.2 Å². The highest BCUT2D eigenvalue weighted by atomic mass is 16.6. The molecule has 0 fully saturated rings. The molecule has 3 heteroatoms. The van der Waals surface area contributed by atoms with Crippen molar-refractivity contribution in [1.29, 1.82) is 0 Å². The first-order chi connectivity index (χ1) is 9.83. The largest absolute Gasteiger partial charge is 0.469 e. The maximum absolute atomic E-state index is 10.0. The second kappa shape index (κ2) is 4.39. The molecule has 0 amide bonds. The minimum Gasteiger partial charge on any atom is -0.469 e. The van der Waals surface area contributed by atoms with Gasteiger partial charge in [0.05, 0.1) is 12.2 Å². The van der Waals surface area contributed by atoms with Crippen LogP contribution in [0.4, 0.5) is 0 Å². The predicted octanol–water partition coefficient (Wildman–Crippen LogP) is 3.67. The third-order valence-electron chi connectivity index (χ3n) is 3.86. The zero-order valence-corrected chi connectivity index (χ0v) is 10.8.